The van der Waals surface area contributed by atoms with Gasteiger partial charge in [-0.25, -0.2) is 4.79 Å². The number of nitrogens with two attached hydrogens (primary N) is 1. The minimum atomic E-state index is -1.30. The highest BCUT2D eigenvalue weighted by molar-refractivity contribution is 5.94. The van der Waals surface area contributed by atoms with E-state index in [0.29, 0.717) is 12.0 Å². The summed E-state index contributed by atoms with van der Waals surface area (Å²) >= 11 is 0. The van der Waals surface area contributed by atoms with E-state index in [2.05, 4.69) is 17.6 Å². The molecule has 2 aromatic rings. The Morgan fingerprint density at radius 2 is 1.68 bits per heavy atom. The summed E-state index contributed by atoms with van der Waals surface area (Å²) in [5.41, 5.74) is 7.13. The maximum absolute atomic E-state index is 14.1. The van der Waals surface area contributed by atoms with Gasteiger partial charge in [0.15, 0.2) is 0 Å². The number of nitrogens with one attached hydrogen (secondary N) is 2. The van der Waals surface area contributed by atoms with Gasteiger partial charge >= 0.3 is 6.09 Å². The maximum Gasteiger partial charge on any atom is 0.408 e. The third-order valence-corrected chi connectivity index (χ3v) is 6.16. The summed E-state index contributed by atoms with van der Waals surface area (Å²) in [5, 5.41) is 5.49. The van der Waals surface area contributed by atoms with Crippen molar-refractivity contribution >= 4 is 23.8 Å². The number of amides is 4. The number of benzene rings is 2. The van der Waals surface area contributed by atoms with Gasteiger partial charge in [-0.2, -0.15) is 0 Å². The van der Waals surface area contributed by atoms with Crippen molar-refractivity contribution in [3.05, 3.63) is 71.3 Å². The number of unbranched alkanes of at least 4 members (excludes halogenated alkanes) is 3. The van der Waals surface area contributed by atoms with E-state index in [9.17, 15) is 19.2 Å². The fourth-order valence-electron chi connectivity index (χ4n) is 4.32. The molecule has 40 heavy (non-hydrogen) atoms. The molecule has 0 saturated heterocycles. The van der Waals surface area contributed by atoms with E-state index in [1.807, 2.05) is 55.5 Å². The van der Waals surface area contributed by atoms with E-state index < -0.39 is 42.0 Å². The number of hydrogen-bond acceptors (Lipinski definition) is 5. The number of carbonyl (C=O) groups excluding carboxylic acids is 4. The first-order valence-electron chi connectivity index (χ1n) is 13.9. The van der Waals surface area contributed by atoms with Crippen LogP contribution in [-0.4, -0.2) is 46.9 Å². The normalized spacial score (nSPS) is 12.6. The lowest BCUT2D eigenvalue weighted by molar-refractivity contribution is -0.143. The van der Waals surface area contributed by atoms with Gasteiger partial charge < -0.3 is 26.0 Å². The van der Waals surface area contributed by atoms with Crippen molar-refractivity contribution in [2.75, 3.05) is 6.54 Å². The highest BCUT2D eigenvalue weighted by atomic mass is 16.6. The zero-order chi connectivity index (χ0) is 29.7. The van der Waals surface area contributed by atoms with Gasteiger partial charge in [0.1, 0.15) is 17.7 Å². The molecule has 0 bridgehead atoms. The lowest BCUT2D eigenvalue weighted by Gasteiger charge is -2.34. The first-order valence-corrected chi connectivity index (χ1v) is 13.9. The highest BCUT2D eigenvalue weighted by Gasteiger charge is 2.36. The average molecular weight is 553 g/mol. The molecule has 2 rings (SSSR count). The van der Waals surface area contributed by atoms with Gasteiger partial charge in [-0.3, -0.25) is 14.4 Å². The van der Waals surface area contributed by atoms with Gasteiger partial charge in [0.2, 0.25) is 17.7 Å². The van der Waals surface area contributed by atoms with Crippen LogP contribution < -0.4 is 16.4 Å². The second-order valence-electron chi connectivity index (χ2n) is 11.0. The van der Waals surface area contributed by atoms with Crippen LogP contribution in [0.5, 0.6) is 0 Å². The minimum absolute atomic E-state index is 0.251. The quantitative estimate of drug-likeness (QED) is 0.296. The van der Waals surface area contributed by atoms with Gasteiger partial charge in [-0.1, -0.05) is 86.3 Å². The lowest BCUT2D eigenvalue weighted by atomic mass is 9.99. The molecule has 0 aliphatic heterocycles. The summed E-state index contributed by atoms with van der Waals surface area (Å²) < 4.78 is 5.34. The predicted octanol–water partition coefficient (Wildman–Crippen LogP) is 4.53. The molecule has 0 fully saturated rings. The molecule has 2 aromatic carbocycles. The van der Waals surface area contributed by atoms with Crippen LogP contribution in [0.1, 0.15) is 82.5 Å². The van der Waals surface area contributed by atoms with E-state index in [4.69, 9.17) is 10.5 Å². The fraction of sp³-hybridized carbons (Fsp3) is 0.484. The van der Waals surface area contributed by atoms with Crippen molar-refractivity contribution in [3.63, 3.8) is 0 Å². The molecular formula is C31H44N4O5. The molecule has 2 atom stereocenters. The number of primary amides is 1. The van der Waals surface area contributed by atoms with Gasteiger partial charge in [0.25, 0.3) is 0 Å². The summed E-state index contributed by atoms with van der Waals surface area (Å²) in [6.45, 7) is 9.62. The Hall–Kier alpha value is -3.88. The van der Waals surface area contributed by atoms with Crippen LogP contribution in [0.4, 0.5) is 4.79 Å². The molecule has 0 radical (unpaired) electrons. The molecule has 4 amide bonds. The average Bonchev–Trinajstić information content (AvgIpc) is 2.87. The monoisotopic (exact) mass is 552 g/mol. The first kappa shape index (κ1) is 32.3. The molecule has 4 N–H and O–H groups in total. The van der Waals surface area contributed by atoms with Crippen LogP contribution in [0.15, 0.2) is 54.6 Å². The summed E-state index contributed by atoms with van der Waals surface area (Å²) in [6.07, 6.45) is 2.18. The Morgan fingerprint density at radius 3 is 2.27 bits per heavy atom. The summed E-state index contributed by atoms with van der Waals surface area (Å²) in [4.78, 5) is 53.9. The summed E-state index contributed by atoms with van der Waals surface area (Å²) in [7, 11) is 0. The smallest absolute Gasteiger partial charge is 0.408 e. The topological polar surface area (TPSA) is 131 Å². The minimum Gasteiger partial charge on any atom is -0.444 e. The molecule has 0 saturated carbocycles. The summed E-state index contributed by atoms with van der Waals surface area (Å²) in [6, 6.07) is 14.6. The molecular weight excluding hydrogens is 508 g/mol. The molecule has 0 aliphatic rings. The van der Waals surface area contributed by atoms with Gasteiger partial charge in [-0.15, -0.1) is 0 Å². The maximum atomic E-state index is 14.1. The Bertz CT molecular complexity index is 1130. The molecule has 0 aliphatic carbocycles. The van der Waals surface area contributed by atoms with Crippen molar-refractivity contribution in [2.45, 2.75) is 91.0 Å². The number of hydrogen-bond donors (Lipinski definition) is 3. The fourth-order valence-corrected chi connectivity index (χ4v) is 4.32. The Morgan fingerprint density at radius 1 is 0.975 bits per heavy atom. The van der Waals surface area contributed by atoms with Crippen LogP contribution >= 0.6 is 0 Å². The van der Waals surface area contributed by atoms with Gasteiger partial charge in [0.05, 0.1) is 6.42 Å². The second kappa shape index (κ2) is 15.6. The molecule has 0 aromatic heterocycles. The van der Waals surface area contributed by atoms with Crippen molar-refractivity contribution in [1.82, 2.24) is 15.5 Å². The molecule has 0 heterocycles. The standard InChI is InChI=1S/C31H44N4O5/c1-6-7-8-12-18-35(29(38)25(20-26(32)36)34-30(39)40-31(3,4)5)27(24-17-13-14-22(2)19-24)28(37)33-21-23-15-10-9-11-16-23/h9-11,13-17,19,25,27H,6-8,12,18,20-21H2,1-5H3,(H2,32,36)(H,33,37)(H,34,39). The van der Waals surface area contributed by atoms with Crippen LogP contribution in [0, 0.1) is 6.92 Å². The number of rotatable bonds is 14. The SMILES string of the molecule is CCCCCCN(C(=O)C(CC(N)=O)NC(=O)OC(C)(C)C)C(C(=O)NCc1ccccc1)c1cccc(C)c1. The molecule has 2 unspecified atom stereocenters. The Balaban J connectivity index is 2.47. The predicted molar refractivity (Wildman–Crippen MR) is 155 cm³/mol. The summed E-state index contributed by atoms with van der Waals surface area (Å²) in [5.74, 6) is -1.71. The number of nitrogens with zero attached hydrogens (tertiary/aromatic N) is 1. The number of aryl methyl sites for hydroxylation is 1. The van der Waals surface area contributed by atoms with E-state index in [0.717, 1.165) is 30.4 Å². The van der Waals surface area contributed by atoms with Crippen LogP contribution in [-0.2, 0) is 25.7 Å². The number of alkyl carbamates (subject to hydrolysis) is 1. The van der Waals surface area contributed by atoms with Gasteiger partial charge in [0, 0.05) is 13.1 Å². The molecule has 9 nitrogen and oxygen atoms in total. The van der Waals surface area contributed by atoms with Crippen molar-refractivity contribution < 1.29 is 23.9 Å². The third kappa shape index (κ3) is 11.1. The zero-order valence-corrected chi connectivity index (χ0v) is 24.4. The third-order valence-electron chi connectivity index (χ3n) is 6.16. The highest BCUT2D eigenvalue weighted by Crippen LogP contribution is 2.25. The van der Waals surface area contributed by atoms with E-state index >= 15 is 0 Å². The largest absolute Gasteiger partial charge is 0.444 e. The van der Waals surface area contributed by atoms with Crippen molar-refractivity contribution in [3.8, 4) is 0 Å². The van der Waals surface area contributed by atoms with Crippen molar-refractivity contribution in [1.29, 1.82) is 0 Å². The lowest BCUT2D eigenvalue weighted by Crippen LogP contribution is -2.54. The Labute approximate surface area is 237 Å². The van der Waals surface area contributed by atoms with Crippen molar-refractivity contribution in [2.24, 2.45) is 5.73 Å². The van der Waals surface area contributed by atoms with Crippen LogP contribution in [0.25, 0.3) is 0 Å². The van der Waals surface area contributed by atoms with E-state index in [1.165, 1.54) is 4.90 Å². The van der Waals surface area contributed by atoms with Crippen LogP contribution in [0.3, 0.4) is 0 Å². The second-order valence-corrected chi connectivity index (χ2v) is 11.0. The number of carbonyl (C=O) groups is 4. The van der Waals surface area contributed by atoms with E-state index in [1.54, 1.807) is 26.8 Å². The van der Waals surface area contributed by atoms with Gasteiger partial charge in [-0.05, 0) is 45.2 Å². The van der Waals surface area contributed by atoms with Crippen LogP contribution in [0.2, 0.25) is 0 Å². The Kier molecular flexibility index (Phi) is 12.6. The molecule has 218 valence electrons. The molecule has 0 spiro atoms. The first-order chi connectivity index (χ1) is 18.9. The van der Waals surface area contributed by atoms with E-state index in [-0.39, 0.29) is 19.0 Å². The molecule has 9 heteroatoms. The number of ether oxygens (including phenoxy) is 1. The zero-order valence-electron chi connectivity index (χ0n) is 24.4.